The Kier molecular flexibility index (Phi) is 4.41. The first-order valence-electron chi connectivity index (χ1n) is 7.69. The van der Waals surface area contributed by atoms with Crippen molar-refractivity contribution >= 4 is 17.7 Å². The van der Waals surface area contributed by atoms with Gasteiger partial charge in [-0.05, 0) is 25.5 Å². The Morgan fingerprint density at radius 3 is 2.46 bits per heavy atom. The monoisotopic (exact) mass is 327 g/mol. The van der Waals surface area contributed by atoms with Crippen molar-refractivity contribution in [3.63, 3.8) is 0 Å². The van der Waals surface area contributed by atoms with E-state index in [4.69, 9.17) is 4.42 Å². The van der Waals surface area contributed by atoms with Crippen LogP contribution in [0.1, 0.15) is 45.2 Å². The first-order chi connectivity index (χ1) is 11.6. The number of fused-ring (bicyclic) bond motifs is 1. The van der Waals surface area contributed by atoms with Crippen LogP contribution in [-0.4, -0.2) is 34.2 Å². The minimum atomic E-state index is -0.300. The van der Waals surface area contributed by atoms with Crippen LogP contribution in [0.4, 0.5) is 0 Å². The molecule has 0 saturated heterocycles. The molecule has 0 saturated carbocycles. The third kappa shape index (κ3) is 3.19. The van der Waals surface area contributed by atoms with Crippen LogP contribution in [0.5, 0.6) is 0 Å². The smallest absolute Gasteiger partial charge is 0.261 e. The molecule has 0 bridgehead atoms. The zero-order chi connectivity index (χ0) is 17.1. The van der Waals surface area contributed by atoms with Crippen LogP contribution >= 0.6 is 0 Å². The van der Waals surface area contributed by atoms with Crippen LogP contribution in [0.15, 0.2) is 34.9 Å². The van der Waals surface area contributed by atoms with Gasteiger partial charge in [0.15, 0.2) is 0 Å². The number of nitrogens with zero attached hydrogens (tertiary/aromatic N) is 2. The number of carbonyl (C=O) groups excluding carboxylic acids is 3. The molecule has 2 heterocycles. The highest BCUT2D eigenvalue weighted by Gasteiger charge is 2.34. The summed E-state index contributed by atoms with van der Waals surface area (Å²) in [6.07, 6.45) is 2.21. The summed E-state index contributed by atoms with van der Waals surface area (Å²) in [6, 6.07) is 6.73. The van der Waals surface area contributed by atoms with Gasteiger partial charge in [0, 0.05) is 13.0 Å². The minimum absolute atomic E-state index is 0.178. The Labute approximate surface area is 138 Å². The molecule has 0 aliphatic carbocycles. The van der Waals surface area contributed by atoms with Crippen molar-refractivity contribution in [2.75, 3.05) is 6.54 Å². The van der Waals surface area contributed by atoms with Crippen LogP contribution in [0.25, 0.3) is 0 Å². The molecule has 0 spiro atoms. The summed E-state index contributed by atoms with van der Waals surface area (Å²) in [5.41, 5.74) is 0.845. The molecule has 24 heavy (non-hydrogen) atoms. The summed E-state index contributed by atoms with van der Waals surface area (Å²) in [5.74, 6) is 0.353. The van der Waals surface area contributed by atoms with Gasteiger partial charge in [-0.25, -0.2) is 4.98 Å². The van der Waals surface area contributed by atoms with Crippen molar-refractivity contribution in [3.8, 4) is 0 Å². The van der Waals surface area contributed by atoms with E-state index in [2.05, 4.69) is 10.3 Å². The van der Waals surface area contributed by atoms with Gasteiger partial charge in [0.05, 0.1) is 23.9 Å². The Morgan fingerprint density at radius 1 is 1.21 bits per heavy atom. The summed E-state index contributed by atoms with van der Waals surface area (Å²) >= 11 is 0. The fraction of sp³-hybridized carbons (Fsp3) is 0.294. The second-order valence-corrected chi connectivity index (χ2v) is 5.55. The number of nitrogens with one attached hydrogen (secondary N) is 1. The Bertz CT molecular complexity index is 762. The third-order valence-corrected chi connectivity index (χ3v) is 3.77. The predicted octanol–water partition coefficient (Wildman–Crippen LogP) is 1.68. The number of aryl methyl sites for hydroxylation is 1. The molecule has 1 aliphatic rings. The highest BCUT2D eigenvalue weighted by atomic mass is 16.4. The van der Waals surface area contributed by atoms with Crippen LogP contribution in [0.2, 0.25) is 0 Å². The van der Waals surface area contributed by atoms with Crippen LogP contribution in [0.3, 0.4) is 0 Å². The van der Waals surface area contributed by atoms with E-state index < -0.39 is 0 Å². The lowest BCUT2D eigenvalue weighted by molar-refractivity contribution is -0.121. The lowest BCUT2D eigenvalue weighted by Crippen LogP contribution is -2.32. The summed E-state index contributed by atoms with van der Waals surface area (Å²) in [4.78, 5) is 41.4. The van der Waals surface area contributed by atoms with E-state index in [1.807, 2.05) is 0 Å². The minimum Gasteiger partial charge on any atom is -0.444 e. The molecule has 1 N–H and O–H groups in total. The zero-order valence-corrected chi connectivity index (χ0v) is 13.2. The number of rotatable bonds is 6. The van der Waals surface area contributed by atoms with Crippen molar-refractivity contribution in [1.82, 2.24) is 15.2 Å². The van der Waals surface area contributed by atoms with E-state index >= 15 is 0 Å². The average Bonchev–Trinajstić information content (AvgIpc) is 3.10. The number of aromatic nitrogens is 1. The quantitative estimate of drug-likeness (QED) is 0.815. The van der Waals surface area contributed by atoms with Crippen molar-refractivity contribution in [2.24, 2.45) is 0 Å². The maximum Gasteiger partial charge on any atom is 0.261 e. The molecule has 124 valence electrons. The Morgan fingerprint density at radius 2 is 1.88 bits per heavy atom. The number of imide groups is 1. The summed E-state index contributed by atoms with van der Waals surface area (Å²) in [5, 5.41) is 2.69. The number of oxazole rings is 1. The molecular formula is C17H17N3O4. The lowest BCUT2D eigenvalue weighted by Gasteiger charge is -2.13. The van der Waals surface area contributed by atoms with Gasteiger partial charge in [-0.2, -0.15) is 0 Å². The van der Waals surface area contributed by atoms with Gasteiger partial charge in [0.1, 0.15) is 5.76 Å². The molecule has 1 aliphatic heterocycles. The number of hydrogen-bond donors (Lipinski definition) is 1. The van der Waals surface area contributed by atoms with Gasteiger partial charge in [-0.15, -0.1) is 0 Å². The first-order valence-corrected chi connectivity index (χ1v) is 7.69. The molecule has 0 radical (unpaired) electrons. The zero-order valence-electron chi connectivity index (χ0n) is 13.2. The van der Waals surface area contributed by atoms with Crippen LogP contribution in [0, 0.1) is 6.92 Å². The largest absolute Gasteiger partial charge is 0.444 e. The SMILES string of the molecule is Cc1cnc(CNC(=O)CCCN2C(=O)c3ccccc3C2=O)o1. The summed E-state index contributed by atoms with van der Waals surface area (Å²) < 4.78 is 5.26. The fourth-order valence-electron chi connectivity index (χ4n) is 2.59. The summed E-state index contributed by atoms with van der Waals surface area (Å²) in [7, 11) is 0. The van der Waals surface area contributed by atoms with Crippen molar-refractivity contribution in [3.05, 3.63) is 53.2 Å². The third-order valence-electron chi connectivity index (χ3n) is 3.77. The molecule has 1 aromatic carbocycles. The first kappa shape index (κ1) is 15.9. The second kappa shape index (κ2) is 6.66. The molecule has 1 aromatic heterocycles. The molecule has 7 heteroatoms. The van der Waals surface area contributed by atoms with E-state index in [-0.39, 0.29) is 37.2 Å². The molecule has 7 nitrogen and oxygen atoms in total. The normalized spacial score (nSPS) is 13.3. The summed E-state index contributed by atoms with van der Waals surface area (Å²) in [6.45, 7) is 2.22. The topological polar surface area (TPSA) is 92.5 Å². The van der Waals surface area contributed by atoms with Crippen molar-refractivity contribution in [2.45, 2.75) is 26.3 Å². The highest BCUT2D eigenvalue weighted by molar-refractivity contribution is 6.21. The Hall–Kier alpha value is -2.96. The highest BCUT2D eigenvalue weighted by Crippen LogP contribution is 2.22. The second-order valence-electron chi connectivity index (χ2n) is 5.55. The number of amides is 3. The molecule has 3 rings (SSSR count). The maximum atomic E-state index is 12.2. The van der Waals surface area contributed by atoms with Gasteiger partial charge >= 0.3 is 0 Å². The standard InChI is InChI=1S/C17H17N3O4/c1-11-9-19-15(24-11)10-18-14(21)7-4-8-20-16(22)12-5-2-3-6-13(12)17(20)23/h2-3,5-6,9H,4,7-8,10H2,1H3,(H,18,21). The van der Waals surface area contributed by atoms with Crippen LogP contribution < -0.4 is 5.32 Å². The van der Waals surface area contributed by atoms with Gasteiger partial charge in [0.2, 0.25) is 11.8 Å². The van der Waals surface area contributed by atoms with Gasteiger partial charge in [-0.3, -0.25) is 19.3 Å². The van der Waals surface area contributed by atoms with E-state index in [1.54, 1.807) is 37.4 Å². The van der Waals surface area contributed by atoms with E-state index in [1.165, 1.54) is 4.90 Å². The number of carbonyl (C=O) groups is 3. The van der Waals surface area contributed by atoms with E-state index in [0.29, 0.717) is 29.2 Å². The molecule has 0 fully saturated rings. The van der Waals surface area contributed by atoms with Gasteiger partial charge in [-0.1, -0.05) is 12.1 Å². The number of benzene rings is 1. The molecular weight excluding hydrogens is 310 g/mol. The lowest BCUT2D eigenvalue weighted by atomic mass is 10.1. The van der Waals surface area contributed by atoms with Crippen LogP contribution in [-0.2, 0) is 11.3 Å². The van der Waals surface area contributed by atoms with Gasteiger partial charge in [0.25, 0.3) is 11.8 Å². The maximum absolute atomic E-state index is 12.2. The van der Waals surface area contributed by atoms with Crippen molar-refractivity contribution < 1.29 is 18.8 Å². The molecule has 2 aromatic rings. The molecule has 0 unspecified atom stereocenters. The molecule has 3 amide bonds. The number of hydrogen-bond acceptors (Lipinski definition) is 5. The average molecular weight is 327 g/mol. The van der Waals surface area contributed by atoms with E-state index in [9.17, 15) is 14.4 Å². The molecule has 0 atom stereocenters. The fourth-order valence-corrected chi connectivity index (χ4v) is 2.59. The Balaban J connectivity index is 1.46. The van der Waals surface area contributed by atoms with Gasteiger partial charge < -0.3 is 9.73 Å². The predicted molar refractivity (Wildman–Crippen MR) is 84.1 cm³/mol. The van der Waals surface area contributed by atoms with E-state index in [0.717, 1.165) is 0 Å². The van der Waals surface area contributed by atoms with Crippen molar-refractivity contribution in [1.29, 1.82) is 0 Å².